The van der Waals surface area contributed by atoms with Gasteiger partial charge in [0, 0.05) is 55.5 Å². The van der Waals surface area contributed by atoms with Crippen molar-refractivity contribution in [1.82, 2.24) is 19.7 Å². The van der Waals surface area contributed by atoms with Crippen molar-refractivity contribution in [3.05, 3.63) is 76.7 Å². The maximum Gasteiger partial charge on any atom is 0.410 e. The molecular weight excluding hydrogens is 566 g/mol. The summed E-state index contributed by atoms with van der Waals surface area (Å²) < 4.78 is 42.9. The summed E-state index contributed by atoms with van der Waals surface area (Å²) in [4.78, 5) is 18.5. The summed E-state index contributed by atoms with van der Waals surface area (Å²) in [5, 5.41) is 16.2. The molecule has 0 bridgehead atoms. The number of aliphatic hydroxyl groups excluding tert-OH is 1. The zero-order valence-corrected chi connectivity index (χ0v) is 27.0. The van der Waals surface area contributed by atoms with E-state index in [2.05, 4.69) is 10.1 Å². The first-order valence-electron chi connectivity index (χ1n) is 14.6. The molecule has 4 aromatic rings. The number of carbonyl (C=O) groups excluding carboxylic acids is 1. The number of rotatable bonds is 8. The van der Waals surface area contributed by atoms with Crippen LogP contribution in [0, 0.1) is 24.0 Å². The van der Waals surface area contributed by atoms with Gasteiger partial charge in [0.05, 0.1) is 17.8 Å². The fraction of sp³-hybridized carbons (Fsp3) is 0.441. The van der Waals surface area contributed by atoms with Crippen molar-refractivity contribution in [2.45, 2.75) is 73.1 Å². The number of hydrogen-bond acceptors (Lipinski definition) is 6. The SMILES string of the molecule is Cc1c(CCOc2c(-c3ccc4nccc(CN(C)C(=O)OC(C)(C)C)c4c3)ccc(F)c2F)c(C(O)C(C)(C)C)nn1C. The lowest BCUT2D eigenvalue weighted by atomic mass is 9.85. The van der Waals surface area contributed by atoms with E-state index in [-0.39, 0.29) is 18.9 Å². The van der Waals surface area contributed by atoms with Gasteiger partial charge in [-0.2, -0.15) is 9.49 Å². The van der Waals surface area contributed by atoms with Crippen LogP contribution in [0.15, 0.2) is 42.6 Å². The smallest absolute Gasteiger partial charge is 0.410 e. The van der Waals surface area contributed by atoms with Gasteiger partial charge in [0.25, 0.3) is 0 Å². The second-order valence-electron chi connectivity index (χ2n) is 13.2. The van der Waals surface area contributed by atoms with Gasteiger partial charge in [0.15, 0.2) is 11.6 Å². The molecule has 8 nitrogen and oxygen atoms in total. The van der Waals surface area contributed by atoms with Crippen LogP contribution in [0.25, 0.3) is 22.0 Å². The van der Waals surface area contributed by atoms with Crippen molar-refractivity contribution in [3.63, 3.8) is 0 Å². The minimum Gasteiger partial charge on any atom is -0.489 e. The number of aryl methyl sites for hydroxylation is 1. The fourth-order valence-corrected chi connectivity index (χ4v) is 4.94. The maximum atomic E-state index is 15.3. The first kappa shape index (κ1) is 32.9. The predicted molar refractivity (Wildman–Crippen MR) is 166 cm³/mol. The maximum absolute atomic E-state index is 15.3. The molecule has 0 fully saturated rings. The lowest BCUT2D eigenvalue weighted by molar-refractivity contribution is 0.0285. The quantitative estimate of drug-likeness (QED) is 0.226. The third-order valence-electron chi connectivity index (χ3n) is 7.47. The Morgan fingerprint density at radius 1 is 1.09 bits per heavy atom. The fourth-order valence-electron chi connectivity index (χ4n) is 4.94. The van der Waals surface area contributed by atoms with Crippen LogP contribution in [-0.4, -0.2) is 50.1 Å². The number of hydrogen-bond donors (Lipinski definition) is 1. The standard InChI is InChI=1S/C34H42F2N4O4/c1-20-23(29(38-40(20)9)31(41)33(2,3)4)15-17-43-30-24(11-12-26(35)28(30)36)21-10-13-27-25(18-21)22(14-16-37-27)19-39(8)32(42)44-34(5,6)7/h10-14,16,18,31,41H,15,17,19H2,1-9H3. The molecule has 1 atom stereocenters. The van der Waals surface area contributed by atoms with Gasteiger partial charge < -0.3 is 19.5 Å². The van der Waals surface area contributed by atoms with E-state index < -0.39 is 34.8 Å². The molecule has 4 rings (SSSR count). The van der Waals surface area contributed by atoms with Gasteiger partial charge in [-0.1, -0.05) is 26.8 Å². The van der Waals surface area contributed by atoms with Gasteiger partial charge in [0.2, 0.25) is 5.82 Å². The average molecular weight is 609 g/mol. The van der Waals surface area contributed by atoms with Crippen LogP contribution in [0.3, 0.4) is 0 Å². The zero-order valence-electron chi connectivity index (χ0n) is 27.0. The van der Waals surface area contributed by atoms with Gasteiger partial charge >= 0.3 is 6.09 Å². The first-order chi connectivity index (χ1) is 20.5. The van der Waals surface area contributed by atoms with Crippen LogP contribution in [0.4, 0.5) is 13.6 Å². The van der Waals surface area contributed by atoms with E-state index in [0.29, 0.717) is 28.8 Å². The number of fused-ring (bicyclic) bond motifs is 1. The number of nitrogens with zero attached hydrogens (tertiary/aromatic N) is 4. The van der Waals surface area contributed by atoms with E-state index >= 15 is 4.39 Å². The van der Waals surface area contributed by atoms with Crippen LogP contribution >= 0.6 is 0 Å². The number of amides is 1. The van der Waals surface area contributed by atoms with E-state index in [1.807, 2.05) is 39.8 Å². The predicted octanol–water partition coefficient (Wildman–Crippen LogP) is 7.29. The van der Waals surface area contributed by atoms with Crippen LogP contribution in [0.2, 0.25) is 0 Å². The van der Waals surface area contributed by atoms with Gasteiger partial charge in [0.1, 0.15) is 11.7 Å². The van der Waals surface area contributed by atoms with Crippen LogP contribution < -0.4 is 4.74 Å². The highest BCUT2D eigenvalue weighted by Gasteiger charge is 2.30. The second-order valence-corrected chi connectivity index (χ2v) is 13.2. The molecule has 0 radical (unpaired) electrons. The third kappa shape index (κ3) is 7.18. The molecule has 0 spiro atoms. The lowest BCUT2D eigenvalue weighted by Gasteiger charge is -2.25. The molecular formula is C34H42F2N4O4. The average Bonchev–Trinajstić information content (AvgIpc) is 3.22. The van der Waals surface area contributed by atoms with Gasteiger partial charge in [-0.05, 0) is 74.6 Å². The van der Waals surface area contributed by atoms with Crippen molar-refractivity contribution in [2.75, 3.05) is 13.7 Å². The molecule has 0 saturated carbocycles. The van der Waals surface area contributed by atoms with E-state index in [1.54, 1.807) is 57.9 Å². The Hall–Kier alpha value is -4.05. The van der Waals surface area contributed by atoms with E-state index in [9.17, 15) is 14.3 Å². The number of benzene rings is 2. The summed E-state index contributed by atoms with van der Waals surface area (Å²) in [5.41, 5.74) is 3.61. The Morgan fingerprint density at radius 3 is 2.45 bits per heavy atom. The molecule has 10 heteroatoms. The monoisotopic (exact) mass is 608 g/mol. The first-order valence-corrected chi connectivity index (χ1v) is 14.6. The molecule has 0 saturated heterocycles. The minimum atomic E-state index is -1.09. The topological polar surface area (TPSA) is 89.7 Å². The molecule has 236 valence electrons. The van der Waals surface area contributed by atoms with Crippen LogP contribution in [0.1, 0.15) is 70.2 Å². The molecule has 2 heterocycles. The number of halogens is 2. The van der Waals surface area contributed by atoms with Crippen LogP contribution in [-0.2, 0) is 24.8 Å². The van der Waals surface area contributed by atoms with E-state index in [0.717, 1.165) is 28.3 Å². The number of carbonyl (C=O) groups is 1. The summed E-state index contributed by atoms with van der Waals surface area (Å²) in [5.74, 6) is -2.32. The highest BCUT2D eigenvalue weighted by molar-refractivity contribution is 5.88. The Morgan fingerprint density at radius 2 is 1.80 bits per heavy atom. The summed E-state index contributed by atoms with van der Waals surface area (Å²) in [7, 11) is 3.46. The summed E-state index contributed by atoms with van der Waals surface area (Å²) in [6.07, 6.45) is 0.725. The van der Waals surface area contributed by atoms with Crippen molar-refractivity contribution in [2.24, 2.45) is 12.5 Å². The highest BCUT2D eigenvalue weighted by atomic mass is 19.2. The van der Waals surface area contributed by atoms with Gasteiger partial charge in [-0.3, -0.25) is 9.67 Å². The van der Waals surface area contributed by atoms with Crippen molar-refractivity contribution >= 4 is 17.0 Å². The Labute approximate surface area is 257 Å². The summed E-state index contributed by atoms with van der Waals surface area (Å²) >= 11 is 0. The summed E-state index contributed by atoms with van der Waals surface area (Å²) in [6.45, 7) is 13.4. The molecule has 1 unspecified atom stereocenters. The molecule has 0 aliphatic heterocycles. The zero-order chi connectivity index (χ0) is 32.6. The molecule has 0 aliphatic carbocycles. The molecule has 2 aromatic heterocycles. The molecule has 0 aliphatic rings. The minimum absolute atomic E-state index is 0.0326. The van der Waals surface area contributed by atoms with E-state index in [4.69, 9.17) is 9.47 Å². The molecule has 2 aromatic carbocycles. The van der Waals surface area contributed by atoms with Gasteiger partial charge in [-0.15, -0.1) is 0 Å². The number of aliphatic hydroxyl groups is 1. The van der Waals surface area contributed by atoms with E-state index in [1.165, 1.54) is 11.0 Å². The van der Waals surface area contributed by atoms with Crippen molar-refractivity contribution in [1.29, 1.82) is 0 Å². The lowest BCUT2D eigenvalue weighted by Crippen LogP contribution is -2.33. The van der Waals surface area contributed by atoms with Crippen LogP contribution in [0.5, 0.6) is 5.75 Å². The van der Waals surface area contributed by atoms with Crippen molar-refractivity contribution < 1.29 is 28.2 Å². The number of aromatic nitrogens is 3. The number of ether oxygens (including phenoxy) is 2. The molecule has 44 heavy (non-hydrogen) atoms. The number of pyridine rings is 1. The van der Waals surface area contributed by atoms with Crippen molar-refractivity contribution in [3.8, 4) is 16.9 Å². The molecule has 1 N–H and O–H groups in total. The Balaban J connectivity index is 1.65. The normalized spacial score (nSPS) is 12.8. The second kappa shape index (κ2) is 12.5. The molecule has 1 amide bonds. The Kier molecular flexibility index (Phi) is 9.35. The highest BCUT2D eigenvalue weighted by Crippen LogP contribution is 2.37. The largest absolute Gasteiger partial charge is 0.489 e. The Bertz CT molecular complexity index is 1670. The van der Waals surface area contributed by atoms with Gasteiger partial charge in [-0.25, -0.2) is 9.18 Å². The third-order valence-corrected chi connectivity index (χ3v) is 7.47. The summed E-state index contributed by atoms with van der Waals surface area (Å²) in [6, 6.07) is 9.79.